The van der Waals surface area contributed by atoms with Crippen molar-refractivity contribution in [3.8, 4) is 0 Å². The lowest BCUT2D eigenvalue weighted by Gasteiger charge is -2.28. The van der Waals surface area contributed by atoms with E-state index in [4.69, 9.17) is 0 Å². The number of carbonyl (C=O) groups is 3. The molecule has 3 aromatic rings. The summed E-state index contributed by atoms with van der Waals surface area (Å²) in [7, 11) is 0. The third-order valence-electron chi connectivity index (χ3n) is 7.27. The Bertz CT molecular complexity index is 1310. The number of amides is 3. The Morgan fingerprint density at radius 3 is 2.00 bits per heavy atom. The van der Waals surface area contributed by atoms with Crippen molar-refractivity contribution in [1.82, 2.24) is 9.80 Å². The van der Waals surface area contributed by atoms with E-state index < -0.39 is 0 Å². The normalized spacial score (nSPS) is 13.5. The van der Waals surface area contributed by atoms with Crippen LogP contribution in [-0.2, 0) is 0 Å². The Labute approximate surface area is 231 Å². The summed E-state index contributed by atoms with van der Waals surface area (Å²) >= 11 is 0. The molecule has 1 saturated heterocycles. The highest BCUT2D eigenvalue weighted by Crippen LogP contribution is 2.28. The molecule has 0 aromatic heterocycles. The molecule has 7 nitrogen and oxygen atoms in total. The van der Waals surface area contributed by atoms with Crippen LogP contribution in [0.3, 0.4) is 0 Å². The molecular weight excluding hydrogens is 488 g/mol. The molecule has 204 valence electrons. The lowest BCUT2D eigenvalue weighted by molar-refractivity contribution is 0.0760. The highest BCUT2D eigenvalue weighted by atomic mass is 16.2. The first-order chi connectivity index (χ1) is 18.8. The van der Waals surface area contributed by atoms with Crippen molar-refractivity contribution in [2.24, 2.45) is 0 Å². The predicted molar refractivity (Wildman–Crippen MR) is 157 cm³/mol. The van der Waals surface area contributed by atoms with Crippen molar-refractivity contribution in [1.29, 1.82) is 0 Å². The molecule has 0 saturated carbocycles. The molecule has 0 spiro atoms. The van der Waals surface area contributed by atoms with Gasteiger partial charge in [-0.1, -0.05) is 35.4 Å². The van der Waals surface area contributed by atoms with E-state index in [0.717, 1.165) is 29.8 Å². The first kappa shape index (κ1) is 27.9. The predicted octanol–water partition coefficient (Wildman–Crippen LogP) is 5.39. The number of aryl methyl sites for hydroxylation is 2. The molecule has 39 heavy (non-hydrogen) atoms. The molecule has 1 aliphatic rings. The zero-order chi connectivity index (χ0) is 27.9. The minimum atomic E-state index is -0.218. The van der Waals surface area contributed by atoms with Gasteiger partial charge in [-0.15, -0.1) is 0 Å². The maximum atomic E-state index is 13.6. The largest absolute Gasteiger partial charge is 0.369 e. The van der Waals surface area contributed by atoms with E-state index in [9.17, 15) is 14.4 Å². The van der Waals surface area contributed by atoms with Crippen LogP contribution in [0, 0.1) is 13.8 Å². The number of nitrogens with zero attached hydrogens (tertiary/aromatic N) is 3. The maximum Gasteiger partial charge on any atom is 0.256 e. The van der Waals surface area contributed by atoms with Gasteiger partial charge in [-0.05, 0) is 76.6 Å². The molecule has 1 heterocycles. The van der Waals surface area contributed by atoms with Crippen molar-refractivity contribution in [2.45, 2.75) is 34.1 Å². The number of carbonyl (C=O) groups excluding carboxylic acids is 3. The van der Waals surface area contributed by atoms with E-state index >= 15 is 0 Å². The average molecular weight is 527 g/mol. The van der Waals surface area contributed by atoms with E-state index in [1.54, 1.807) is 23.1 Å². The molecule has 4 rings (SSSR count). The Morgan fingerprint density at radius 2 is 1.38 bits per heavy atom. The van der Waals surface area contributed by atoms with Crippen LogP contribution in [0.2, 0.25) is 0 Å². The van der Waals surface area contributed by atoms with Crippen LogP contribution in [0.25, 0.3) is 0 Å². The summed E-state index contributed by atoms with van der Waals surface area (Å²) in [5, 5.41) is 2.95. The van der Waals surface area contributed by atoms with Gasteiger partial charge in [0.25, 0.3) is 17.7 Å². The molecule has 0 bridgehead atoms. The molecule has 0 aliphatic carbocycles. The highest BCUT2D eigenvalue weighted by Gasteiger charge is 2.25. The molecule has 3 aromatic carbocycles. The maximum absolute atomic E-state index is 13.6. The van der Waals surface area contributed by atoms with E-state index in [1.807, 2.05) is 81.1 Å². The van der Waals surface area contributed by atoms with Crippen LogP contribution >= 0.6 is 0 Å². The molecule has 1 N–H and O–H groups in total. The van der Waals surface area contributed by atoms with E-state index in [-0.39, 0.29) is 17.7 Å². The van der Waals surface area contributed by atoms with Gasteiger partial charge in [-0.25, -0.2) is 0 Å². The van der Waals surface area contributed by atoms with Gasteiger partial charge >= 0.3 is 0 Å². The number of rotatable bonds is 7. The first-order valence-electron chi connectivity index (χ1n) is 13.7. The van der Waals surface area contributed by atoms with Crippen LogP contribution in [0.4, 0.5) is 11.4 Å². The molecule has 0 radical (unpaired) electrons. The molecule has 0 atom stereocenters. The molecule has 1 aliphatic heterocycles. The fraction of sp³-hybridized carbons (Fsp3) is 0.344. The van der Waals surface area contributed by atoms with Crippen molar-refractivity contribution < 1.29 is 14.4 Å². The Hall–Kier alpha value is -4.13. The standard InChI is InChI=1S/C32H38N4O3/c1-5-34(6-2)32(39)28-22-27(33-30(37)25-12-8-23(3)9-13-25)16-17-29(28)35-18-7-19-36(21-20-35)31(38)26-14-10-24(4)11-15-26/h8-17,22H,5-7,18-21H2,1-4H3,(H,33,37). The van der Waals surface area contributed by atoms with Gasteiger partial charge in [0.1, 0.15) is 0 Å². The van der Waals surface area contributed by atoms with Gasteiger partial charge in [-0.2, -0.15) is 0 Å². The summed E-state index contributed by atoms with van der Waals surface area (Å²) in [5.41, 5.74) is 5.42. The smallest absolute Gasteiger partial charge is 0.256 e. The van der Waals surface area contributed by atoms with Gasteiger partial charge in [-0.3, -0.25) is 14.4 Å². The highest BCUT2D eigenvalue weighted by molar-refractivity contribution is 6.06. The number of hydrogen-bond acceptors (Lipinski definition) is 4. The molecule has 0 unspecified atom stereocenters. The van der Waals surface area contributed by atoms with Gasteiger partial charge in [0.2, 0.25) is 0 Å². The third-order valence-corrected chi connectivity index (χ3v) is 7.27. The quantitative estimate of drug-likeness (QED) is 0.448. The fourth-order valence-corrected chi connectivity index (χ4v) is 4.89. The van der Waals surface area contributed by atoms with E-state index in [2.05, 4.69) is 10.2 Å². The van der Waals surface area contributed by atoms with Crippen LogP contribution < -0.4 is 10.2 Å². The second-order valence-corrected chi connectivity index (χ2v) is 10.0. The van der Waals surface area contributed by atoms with Crippen LogP contribution in [0.15, 0.2) is 66.7 Å². The van der Waals surface area contributed by atoms with Crippen LogP contribution in [-0.4, -0.2) is 66.8 Å². The summed E-state index contributed by atoms with van der Waals surface area (Å²) in [5.74, 6) is -0.257. The SMILES string of the molecule is CCN(CC)C(=O)c1cc(NC(=O)c2ccc(C)cc2)ccc1N1CCCN(C(=O)c2ccc(C)cc2)CC1. The second kappa shape index (κ2) is 12.6. The lowest BCUT2D eigenvalue weighted by Crippen LogP contribution is -2.36. The van der Waals surface area contributed by atoms with Gasteiger partial charge < -0.3 is 20.0 Å². The topological polar surface area (TPSA) is 73.0 Å². The van der Waals surface area contributed by atoms with Crippen molar-refractivity contribution in [3.63, 3.8) is 0 Å². The minimum absolute atomic E-state index is 0.0328. The van der Waals surface area contributed by atoms with Gasteiger partial charge in [0.05, 0.1) is 5.56 Å². The number of nitrogens with one attached hydrogen (secondary N) is 1. The van der Waals surface area contributed by atoms with Crippen LogP contribution in [0.5, 0.6) is 0 Å². The monoisotopic (exact) mass is 526 g/mol. The fourth-order valence-electron chi connectivity index (χ4n) is 4.89. The second-order valence-electron chi connectivity index (χ2n) is 10.0. The molecule has 3 amide bonds. The van der Waals surface area contributed by atoms with Crippen molar-refractivity contribution >= 4 is 29.1 Å². The van der Waals surface area contributed by atoms with Crippen molar-refractivity contribution in [2.75, 3.05) is 49.5 Å². The Kier molecular flexibility index (Phi) is 9.02. The Morgan fingerprint density at radius 1 is 0.769 bits per heavy atom. The number of hydrogen-bond donors (Lipinski definition) is 1. The molecular formula is C32H38N4O3. The van der Waals surface area contributed by atoms with Crippen molar-refractivity contribution in [3.05, 3.63) is 94.5 Å². The summed E-state index contributed by atoms with van der Waals surface area (Å²) in [4.78, 5) is 45.5. The number of benzene rings is 3. The van der Waals surface area contributed by atoms with Gasteiger partial charge in [0, 0.05) is 61.8 Å². The Balaban J connectivity index is 1.57. The zero-order valence-corrected chi connectivity index (χ0v) is 23.4. The van der Waals surface area contributed by atoms with Crippen LogP contribution in [0.1, 0.15) is 62.5 Å². The van der Waals surface area contributed by atoms with E-state index in [0.29, 0.717) is 55.1 Å². The summed E-state index contributed by atoms with van der Waals surface area (Å²) in [6.45, 7) is 11.7. The van der Waals surface area contributed by atoms with E-state index in [1.165, 1.54) is 0 Å². The average Bonchev–Trinajstić information content (AvgIpc) is 3.20. The van der Waals surface area contributed by atoms with Gasteiger partial charge in [0.15, 0.2) is 0 Å². The molecule has 7 heteroatoms. The third kappa shape index (κ3) is 6.66. The summed E-state index contributed by atoms with van der Waals surface area (Å²) in [6, 6.07) is 20.6. The minimum Gasteiger partial charge on any atom is -0.369 e. The molecule has 1 fully saturated rings. The number of anilines is 2. The first-order valence-corrected chi connectivity index (χ1v) is 13.7. The summed E-state index contributed by atoms with van der Waals surface area (Å²) in [6.07, 6.45) is 0.794. The zero-order valence-electron chi connectivity index (χ0n) is 23.4. The summed E-state index contributed by atoms with van der Waals surface area (Å²) < 4.78 is 0. The lowest BCUT2D eigenvalue weighted by atomic mass is 10.1.